The van der Waals surface area contributed by atoms with Gasteiger partial charge in [0.1, 0.15) is 16.7 Å². The molecule has 1 aliphatic rings. The Morgan fingerprint density at radius 3 is 2.88 bits per heavy atom. The maximum Gasteiger partial charge on any atom is 0.292 e. The second-order valence-electron chi connectivity index (χ2n) is 5.95. The second kappa shape index (κ2) is 6.19. The highest BCUT2D eigenvalue weighted by Crippen LogP contribution is 2.37. The molecule has 0 unspecified atom stereocenters. The van der Waals surface area contributed by atoms with Crippen LogP contribution in [0.5, 0.6) is 0 Å². The lowest BCUT2D eigenvalue weighted by atomic mass is 9.96. The number of carbonyl (C=O) groups is 1. The number of hydrogen-bond acceptors (Lipinski definition) is 5. The van der Waals surface area contributed by atoms with Gasteiger partial charge in [-0.25, -0.2) is 0 Å². The third kappa shape index (κ3) is 2.73. The summed E-state index contributed by atoms with van der Waals surface area (Å²) in [5, 5.41) is 13.2. The van der Waals surface area contributed by atoms with Crippen molar-refractivity contribution in [3.8, 4) is 6.07 Å². The standard InChI is InChI=1S/C19H14N2O3S/c20-10-13-11-5-2-4-8-17(11)25-19(13)21-18(23)16-9-14(22)12-6-1-3-7-15(12)24-16/h1,3,6-7,9H,2,4-5,8H2,(H,21,23). The Hall–Kier alpha value is -2.91. The molecule has 0 fully saturated rings. The molecule has 3 aromatic rings. The molecule has 0 bridgehead atoms. The van der Waals surface area contributed by atoms with Crippen LogP contribution >= 0.6 is 11.3 Å². The highest BCUT2D eigenvalue weighted by Gasteiger charge is 2.23. The first-order valence-electron chi connectivity index (χ1n) is 8.06. The molecule has 5 nitrogen and oxygen atoms in total. The quantitative estimate of drug-likeness (QED) is 0.761. The van der Waals surface area contributed by atoms with Crippen LogP contribution in [0.4, 0.5) is 5.00 Å². The van der Waals surface area contributed by atoms with E-state index in [0.717, 1.165) is 36.1 Å². The van der Waals surface area contributed by atoms with Gasteiger partial charge in [-0.1, -0.05) is 12.1 Å². The first-order chi connectivity index (χ1) is 12.2. The van der Waals surface area contributed by atoms with Crippen LogP contribution in [-0.2, 0) is 12.8 Å². The summed E-state index contributed by atoms with van der Waals surface area (Å²) in [5.41, 5.74) is 1.69. The topological polar surface area (TPSA) is 83.1 Å². The van der Waals surface area contributed by atoms with E-state index in [2.05, 4.69) is 11.4 Å². The lowest BCUT2D eigenvalue weighted by Gasteiger charge is -2.09. The summed E-state index contributed by atoms with van der Waals surface area (Å²) in [6.45, 7) is 0. The van der Waals surface area contributed by atoms with Crippen LogP contribution in [0, 0.1) is 11.3 Å². The fourth-order valence-corrected chi connectivity index (χ4v) is 4.39. The summed E-state index contributed by atoms with van der Waals surface area (Å²) >= 11 is 1.44. The van der Waals surface area contributed by atoms with E-state index in [0.29, 0.717) is 21.5 Å². The van der Waals surface area contributed by atoms with E-state index in [1.807, 2.05) is 0 Å². The zero-order valence-electron chi connectivity index (χ0n) is 13.3. The van der Waals surface area contributed by atoms with Gasteiger partial charge in [0, 0.05) is 10.9 Å². The van der Waals surface area contributed by atoms with E-state index < -0.39 is 5.91 Å². The van der Waals surface area contributed by atoms with E-state index >= 15 is 0 Å². The van der Waals surface area contributed by atoms with E-state index in [-0.39, 0.29) is 11.2 Å². The van der Waals surface area contributed by atoms with Crippen molar-refractivity contribution in [2.24, 2.45) is 0 Å². The summed E-state index contributed by atoms with van der Waals surface area (Å²) in [7, 11) is 0. The number of nitrogens with zero attached hydrogens (tertiary/aromatic N) is 1. The molecule has 4 rings (SSSR count). The van der Waals surface area contributed by atoms with Crippen molar-refractivity contribution in [3.63, 3.8) is 0 Å². The monoisotopic (exact) mass is 350 g/mol. The number of nitriles is 1. The maximum absolute atomic E-state index is 12.5. The highest BCUT2D eigenvalue weighted by molar-refractivity contribution is 7.16. The van der Waals surface area contributed by atoms with Crippen LogP contribution in [-0.4, -0.2) is 5.91 Å². The molecule has 0 spiro atoms. The molecule has 0 atom stereocenters. The van der Waals surface area contributed by atoms with Gasteiger partial charge in [0.15, 0.2) is 11.2 Å². The third-order valence-corrected chi connectivity index (χ3v) is 5.58. The fourth-order valence-electron chi connectivity index (χ4n) is 3.15. The number of anilines is 1. The van der Waals surface area contributed by atoms with Crippen LogP contribution in [0.25, 0.3) is 11.0 Å². The Morgan fingerprint density at radius 2 is 2.04 bits per heavy atom. The number of carbonyl (C=O) groups excluding carboxylic acids is 1. The van der Waals surface area contributed by atoms with Crippen molar-refractivity contribution in [1.29, 1.82) is 5.26 Å². The Morgan fingerprint density at radius 1 is 1.24 bits per heavy atom. The van der Waals surface area contributed by atoms with Gasteiger partial charge in [0.25, 0.3) is 5.91 Å². The third-order valence-electron chi connectivity index (χ3n) is 4.37. The molecule has 0 saturated carbocycles. The predicted octanol–water partition coefficient (Wildman–Crippen LogP) is 3.86. The summed E-state index contributed by atoms with van der Waals surface area (Å²) in [5.74, 6) is -0.572. The molecular formula is C19H14N2O3S. The average molecular weight is 350 g/mol. The van der Waals surface area contributed by atoms with Gasteiger partial charge in [0.2, 0.25) is 0 Å². The van der Waals surface area contributed by atoms with Crippen LogP contribution in [0.15, 0.2) is 39.5 Å². The molecule has 2 aromatic heterocycles. The summed E-state index contributed by atoms with van der Waals surface area (Å²) < 4.78 is 5.56. The molecule has 1 aromatic carbocycles. The zero-order valence-corrected chi connectivity index (χ0v) is 14.1. The van der Waals surface area contributed by atoms with Crippen molar-refractivity contribution < 1.29 is 9.21 Å². The molecular weight excluding hydrogens is 336 g/mol. The van der Waals surface area contributed by atoms with Crippen molar-refractivity contribution >= 4 is 33.2 Å². The van der Waals surface area contributed by atoms with E-state index in [4.69, 9.17) is 4.42 Å². The van der Waals surface area contributed by atoms with Crippen LogP contribution in [0.3, 0.4) is 0 Å². The molecule has 1 amide bonds. The van der Waals surface area contributed by atoms with Crippen molar-refractivity contribution in [2.75, 3.05) is 5.32 Å². The molecule has 6 heteroatoms. The molecule has 2 heterocycles. The number of rotatable bonds is 2. The van der Waals surface area contributed by atoms with Gasteiger partial charge in [-0.15, -0.1) is 11.3 Å². The number of thiophene rings is 1. The lowest BCUT2D eigenvalue weighted by Crippen LogP contribution is -2.15. The average Bonchev–Trinajstić information content (AvgIpc) is 2.98. The van der Waals surface area contributed by atoms with Crippen LogP contribution in [0.1, 0.15) is 39.4 Å². The zero-order chi connectivity index (χ0) is 17.4. The van der Waals surface area contributed by atoms with Crippen LogP contribution < -0.4 is 10.7 Å². The Labute approximate surface area is 147 Å². The van der Waals surface area contributed by atoms with Crippen molar-refractivity contribution in [2.45, 2.75) is 25.7 Å². The number of fused-ring (bicyclic) bond motifs is 2. The minimum atomic E-state index is -0.516. The molecule has 1 aliphatic carbocycles. The molecule has 0 radical (unpaired) electrons. The van der Waals surface area contributed by atoms with Gasteiger partial charge < -0.3 is 9.73 Å². The Balaban J connectivity index is 1.70. The number of para-hydroxylation sites is 1. The van der Waals surface area contributed by atoms with Crippen molar-refractivity contribution in [1.82, 2.24) is 0 Å². The SMILES string of the molecule is N#Cc1c(NC(=O)c2cc(=O)c3ccccc3o2)sc2c1CCCC2. The minimum Gasteiger partial charge on any atom is -0.451 e. The molecule has 1 N–H and O–H groups in total. The van der Waals surface area contributed by atoms with E-state index in [1.165, 1.54) is 17.4 Å². The van der Waals surface area contributed by atoms with Gasteiger partial charge in [-0.05, 0) is 43.4 Å². The summed E-state index contributed by atoms with van der Waals surface area (Å²) in [4.78, 5) is 25.9. The first-order valence-corrected chi connectivity index (χ1v) is 8.88. The van der Waals surface area contributed by atoms with Gasteiger partial charge in [0.05, 0.1) is 10.9 Å². The van der Waals surface area contributed by atoms with Crippen LogP contribution in [0.2, 0.25) is 0 Å². The van der Waals surface area contributed by atoms with Crippen molar-refractivity contribution in [3.05, 3.63) is 62.3 Å². The normalized spacial score (nSPS) is 13.2. The smallest absolute Gasteiger partial charge is 0.292 e. The number of hydrogen-bond donors (Lipinski definition) is 1. The highest BCUT2D eigenvalue weighted by atomic mass is 32.1. The summed E-state index contributed by atoms with van der Waals surface area (Å²) in [6, 6.07) is 10.2. The molecule has 0 aliphatic heterocycles. The number of nitrogens with one attached hydrogen (secondary N) is 1. The fraction of sp³-hybridized carbons (Fsp3) is 0.211. The van der Waals surface area contributed by atoms with Gasteiger partial charge in [-0.2, -0.15) is 5.26 Å². The Kier molecular flexibility index (Phi) is 3.86. The molecule has 124 valence electrons. The second-order valence-corrected chi connectivity index (χ2v) is 7.06. The number of amides is 1. The molecule has 0 saturated heterocycles. The van der Waals surface area contributed by atoms with Gasteiger partial charge >= 0.3 is 0 Å². The Bertz CT molecular complexity index is 1090. The number of aryl methyl sites for hydroxylation is 1. The minimum absolute atomic E-state index is 0.0565. The maximum atomic E-state index is 12.5. The number of benzene rings is 1. The predicted molar refractivity (Wildman–Crippen MR) is 96.1 cm³/mol. The largest absolute Gasteiger partial charge is 0.451 e. The summed E-state index contributed by atoms with van der Waals surface area (Å²) in [6.07, 6.45) is 3.97. The van der Waals surface area contributed by atoms with E-state index in [9.17, 15) is 14.9 Å². The molecule has 25 heavy (non-hydrogen) atoms. The first kappa shape index (κ1) is 15.6. The van der Waals surface area contributed by atoms with E-state index in [1.54, 1.807) is 24.3 Å². The lowest BCUT2D eigenvalue weighted by molar-refractivity contribution is 0.0997. The van der Waals surface area contributed by atoms with Gasteiger partial charge in [-0.3, -0.25) is 9.59 Å².